The van der Waals surface area contributed by atoms with Crippen molar-refractivity contribution >= 4 is 5.69 Å². The molecule has 8 heteroatoms. The highest BCUT2D eigenvalue weighted by atomic mass is 16.6. The molecule has 30 heavy (non-hydrogen) atoms. The minimum atomic E-state index is -0.354. The van der Waals surface area contributed by atoms with E-state index in [1.165, 1.54) is 6.07 Å². The molecule has 0 atom stereocenters. The van der Waals surface area contributed by atoms with Gasteiger partial charge in [-0.25, -0.2) is 0 Å². The van der Waals surface area contributed by atoms with E-state index in [9.17, 15) is 10.2 Å². The van der Waals surface area contributed by atoms with E-state index in [1.807, 2.05) is 18.2 Å². The van der Waals surface area contributed by atoms with E-state index in [0.29, 0.717) is 24.2 Å². The van der Waals surface area contributed by atoms with E-state index in [0.717, 1.165) is 48.7 Å². The van der Waals surface area contributed by atoms with Crippen molar-refractivity contribution in [2.75, 3.05) is 37.9 Å². The van der Waals surface area contributed by atoms with Crippen LogP contribution in [0, 0.1) is 0 Å². The van der Waals surface area contributed by atoms with Gasteiger partial charge in [-0.05, 0) is 42.2 Å². The lowest BCUT2D eigenvalue weighted by Gasteiger charge is -2.29. The number of rotatable bonds is 7. The van der Waals surface area contributed by atoms with E-state index in [-0.39, 0.29) is 18.3 Å². The average Bonchev–Trinajstić information content (AvgIpc) is 3.25. The van der Waals surface area contributed by atoms with Gasteiger partial charge in [0.2, 0.25) is 0 Å². The third-order valence-corrected chi connectivity index (χ3v) is 5.38. The van der Waals surface area contributed by atoms with Crippen molar-refractivity contribution in [2.45, 2.75) is 12.8 Å². The Hall–Kier alpha value is -3.23. The van der Waals surface area contributed by atoms with E-state index >= 15 is 0 Å². The second-order valence-corrected chi connectivity index (χ2v) is 7.28. The second kappa shape index (κ2) is 9.06. The predicted octanol–water partition coefficient (Wildman–Crippen LogP) is 2.01. The summed E-state index contributed by atoms with van der Waals surface area (Å²) in [6.45, 7) is 3.19. The lowest BCUT2D eigenvalue weighted by Crippen LogP contribution is -2.43. The van der Waals surface area contributed by atoms with Gasteiger partial charge in [-0.1, -0.05) is 12.1 Å². The van der Waals surface area contributed by atoms with Gasteiger partial charge in [0.25, 0.3) is 0 Å². The van der Waals surface area contributed by atoms with Crippen LogP contribution in [0.5, 0.6) is 17.2 Å². The van der Waals surface area contributed by atoms with Crippen molar-refractivity contribution in [3.05, 3.63) is 53.7 Å². The number of piperazine rings is 1. The number of hydrogen-bond donors (Lipinski definition) is 5. The van der Waals surface area contributed by atoms with E-state index in [1.54, 1.807) is 18.3 Å². The number of phenols is 2. The zero-order valence-electron chi connectivity index (χ0n) is 16.6. The van der Waals surface area contributed by atoms with Crippen molar-refractivity contribution in [1.82, 2.24) is 15.5 Å². The zero-order valence-corrected chi connectivity index (χ0v) is 16.6. The molecule has 3 aromatic rings. The maximum atomic E-state index is 10.5. The number of aromatic amines is 1. The van der Waals surface area contributed by atoms with Crippen LogP contribution in [-0.2, 0) is 12.8 Å². The summed E-state index contributed by atoms with van der Waals surface area (Å²) in [6.07, 6.45) is 3.10. The first-order valence-electron chi connectivity index (χ1n) is 10.0. The summed E-state index contributed by atoms with van der Waals surface area (Å²) in [5.41, 5.74) is 4.15. The molecule has 0 spiro atoms. The highest BCUT2D eigenvalue weighted by molar-refractivity contribution is 5.80. The van der Waals surface area contributed by atoms with Crippen LogP contribution in [0.25, 0.3) is 11.3 Å². The van der Waals surface area contributed by atoms with Crippen LogP contribution in [0.15, 0.2) is 42.6 Å². The van der Waals surface area contributed by atoms with Crippen LogP contribution in [0.2, 0.25) is 0 Å². The first-order chi connectivity index (χ1) is 14.7. The van der Waals surface area contributed by atoms with Crippen molar-refractivity contribution in [3.8, 4) is 28.5 Å². The highest BCUT2D eigenvalue weighted by Crippen LogP contribution is 2.38. The fourth-order valence-corrected chi connectivity index (χ4v) is 3.75. The number of nitrogens with zero attached hydrogens (tertiary/aromatic N) is 2. The Labute approximate surface area is 174 Å². The van der Waals surface area contributed by atoms with Gasteiger partial charge in [-0.2, -0.15) is 5.10 Å². The summed E-state index contributed by atoms with van der Waals surface area (Å²) >= 11 is 0. The third kappa shape index (κ3) is 4.34. The van der Waals surface area contributed by atoms with E-state index in [2.05, 4.69) is 20.4 Å². The Morgan fingerprint density at radius 2 is 1.77 bits per heavy atom. The number of H-pyrrole nitrogens is 1. The number of ether oxygens (including phenoxy) is 1. The molecule has 0 bridgehead atoms. The van der Waals surface area contributed by atoms with Gasteiger partial charge in [-0.15, -0.1) is 0 Å². The molecule has 0 radical (unpaired) electrons. The lowest BCUT2D eigenvalue weighted by molar-refractivity contribution is 0.0985. The standard InChI is InChI=1S/C22H26N4O4/c27-14-30-17-5-2-15(3-6-17)1-4-16-11-18(21(29)12-20(16)28)22-19(13-24-25-22)26-9-7-23-8-10-26/h2-3,5-6,11-13,23,27-29H,1,4,7-10,14H2,(H,24,25). The van der Waals surface area contributed by atoms with Gasteiger partial charge in [0.15, 0.2) is 6.79 Å². The van der Waals surface area contributed by atoms with E-state index < -0.39 is 0 Å². The van der Waals surface area contributed by atoms with Gasteiger partial charge in [0, 0.05) is 37.8 Å². The molecule has 0 amide bonds. The molecule has 8 nitrogen and oxygen atoms in total. The summed E-state index contributed by atoms with van der Waals surface area (Å²) in [5, 5.41) is 40.2. The Kier molecular flexibility index (Phi) is 6.06. The maximum absolute atomic E-state index is 10.5. The van der Waals surface area contributed by atoms with Crippen LogP contribution in [0.3, 0.4) is 0 Å². The predicted molar refractivity (Wildman–Crippen MR) is 114 cm³/mol. The van der Waals surface area contributed by atoms with Crippen LogP contribution >= 0.6 is 0 Å². The molecule has 1 saturated heterocycles. The number of anilines is 1. The second-order valence-electron chi connectivity index (χ2n) is 7.28. The highest BCUT2D eigenvalue weighted by Gasteiger charge is 2.20. The van der Waals surface area contributed by atoms with Crippen LogP contribution in [-0.4, -0.2) is 58.5 Å². The quantitative estimate of drug-likeness (QED) is 0.379. The third-order valence-electron chi connectivity index (χ3n) is 5.38. The molecule has 0 saturated carbocycles. The number of hydrogen-bond acceptors (Lipinski definition) is 7. The van der Waals surface area contributed by atoms with Crippen LogP contribution in [0.1, 0.15) is 11.1 Å². The number of aromatic hydroxyl groups is 2. The Bertz CT molecular complexity index is 981. The molecular weight excluding hydrogens is 384 g/mol. The molecule has 5 N–H and O–H groups in total. The number of aryl methyl sites for hydroxylation is 2. The van der Waals surface area contributed by atoms with Crippen molar-refractivity contribution < 1.29 is 20.1 Å². The van der Waals surface area contributed by atoms with Gasteiger partial charge in [0.05, 0.1) is 17.6 Å². The number of aliphatic hydroxyl groups excluding tert-OH is 1. The summed E-state index contributed by atoms with van der Waals surface area (Å²) in [7, 11) is 0. The molecule has 1 aromatic heterocycles. The largest absolute Gasteiger partial charge is 0.508 e. The Morgan fingerprint density at radius 3 is 2.50 bits per heavy atom. The molecule has 2 aromatic carbocycles. The molecule has 0 aliphatic carbocycles. The smallest absolute Gasteiger partial charge is 0.186 e. The molecule has 158 valence electrons. The monoisotopic (exact) mass is 410 g/mol. The normalized spacial score (nSPS) is 14.1. The van der Waals surface area contributed by atoms with E-state index in [4.69, 9.17) is 9.84 Å². The van der Waals surface area contributed by atoms with Crippen molar-refractivity contribution in [1.29, 1.82) is 0 Å². The SMILES string of the molecule is OCOc1ccc(CCc2cc(-c3[nH]ncc3N3CCNCC3)c(O)cc2O)cc1. The first-order valence-corrected chi connectivity index (χ1v) is 10.0. The summed E-state index contributed by atoms with van der Waals surface area (Å²) < 4.78 is 5.04. The van der Waals surface area contributed by atoms with Crippen molar-refractivity contribution in [3.63, 3.8) is 0 Å². The number of aromatic nitrogens is 2. The average molecular weight is 410 g/mol. The maximum Gasteiger partial charge on any atom is 0.186 e. The molecule has 1 fully saturated rings. The number of benzene rings is 2. The summed E-state index contributed by atoms with van der Waals surface area (Å²) in [6, 6.07) is 10.7. The van der Waals surface area contributed by atoms with Gasteiger partial charge < -0.3 is 30.3 Å². The minimum absolute atomic E-state index is 0.0161. The molecule has 1 aliphatic heterocycles. The molecule has 0 unspecified atom stereocenters. The van der Waals surface area contributed by atoms with Gasteiger partial charge >= 0.3 is 0 Å². The first kappa shape index (κ1) is 20.1. The van der Waals surface area contributed by atoms with Gasteiger partial charge in [0.1, 0.15) is 17.2 Å². The Morgan fingerprint density at radius 1 is 1.00 bits per heavy atom. The topological polar surface area (TPSA) is 114 Å². The lowest BCUT2D eigenvalue weighted by atomic mass is 9.99. The molecule has 2 heterocycles. The van der Waals surface area contributed by atoms with Crippen LogP contribution < -0.4 is 15.0 Å². The molecular formula is C22H26N4O4. The number of nitrogens with one attached hydrogen (secondary N) is 2. The Balaban J connectivity index is 1.55. The molecule has 4 rings (SSSR count). The number of aliphatic hydroxyl groups is 1. The fourth-order valence-electron chi connectivity index (χ4n) is 3.75. The zero-order chi connectivity index (χ0) is 20.9. The van der Waals surface area contributed by atoms with Crippen molar-refractivity contribution in [2.24, 2.45) is 0 Å². The summed E-state index contributed by atoms with van der Waals surface area (Å²) in [5.74, 6) is 0.692. The number of phenolic OH excluding ortho intramolecular Hbond substituents is 2. The van der Waals surface area contributed by atoms with Crippen LogP contribution in [0.4, 0.5) is 5.69 Å². The fraction of sp³-hybridized carbons (Fsp3) is 0.318. The summed E-state index contributed by atoms with van der Waals surface area (Å²) in [4.78, 5) is 2.23. The minimum Gasteiger partial charge on any atom is -0.508 e. The molecule has 1 aliphatic rings. The van der Waals surface area contributed by atoms with Gasteiger partial charge in [-0.3, -0.25) is 5.10 Å².